The van der Waals surface area contributed by atoms with Crippen LogP contribution in [-0.4, -0.2) is 19.7 Å². The van der Waals surface area contributed by atoms with Gasteiger partial charge < -0.3 is 5.32 Å². The van der Waals surface area contributed by atoms with Crippen LogP contribution in [0.2, 0.25) is 0 Å². The minimum absolute atomic E-state index is 0.727. The number of nitrogens with one attached hydrogen (secondary N) is 1. The molecule has 2 rings (SSSR count). The molecule has 0 saturated heterocycles. The first-order valence-electron chi connectivity index (χ1n) is 6.28. The highest BCUT2D eigenvalue weighted by atomic mass is 15.3. The first kappa shape index (κ1) is 12.7. The van der Waals surface area contributed by atoms with Gasteiger partial charge in [-0.3, -0.25) is 14.6 Å². The van der Waals surface area contributed by atoms with E-state index in [1.165, 1.54) is 5.69 Å². The van der Waals surface area contributed by atoms with E-state index in [1.807, 2.05) is 30.1 Å². The smallest absolute Gasteiger partial charge is 0.0724 e. The summed E-state index contributed by atoms with van der Waals surface area (Å²) in [6.45, 7) is 6.59. The third-order valence-electron chi connectivity index (χ3n) is 2.69. The molecule has 0 aliphatic heterocycles. The summed E-state index contributed by atoms with van der Waals surface area (Å²) in [5.41, 5.74) is 3.11. The molecule has 0 radical (unpaired) electrons. The zero-order chi connectivity index (χ0) is 12.8. The van der Waals surface area contributed by atoms with Crippen molar-refractivity contribution in [2.75, 3.05) is 0 Å². The van der Waals surface area contributed by atoms with Crippen molar-refractivity contribution in [3.8, 4) is 0 Å². The molecule has 2 aromatic rings. The molecular formula is C13H19N5. The molecule has 0 spiro atoms. The molecule has 0 aliphatic rings. The lowest BCUT2D eigenvalue weighted by molar-refractivity contribution is 0.547. The summed E-state index contributed by atoms with van der Waals surface area (Å²) >= 11 is 0. The van der Waals surface area contributed by atoms with Gasteiger partial charge in [0.05, 0.1) is 17.1 Å². The van der Waals surface area contributed by atoms with Crippen LogP contribution < -0.4 is 5.32 Å². The first-order chi connectivity index (χ1) is 8.79. The quantitative estimate of drug-likeness (QED) is 0.841. The topological polar surface area (TPSA) is 55.6 Å². The lowest BCUT2D eigenvalue weighted by Crippen LogP contribution is -2.17. The van der Waals surface area contributed by atoms with Gasteiger partial charge in [-0.15, -0.1) is 0 Å². The molecule has 0 saturated carbocycles. The molecule has 96 valence electrons. The molecule has 18 heavy (non-hydrogen) atoms. The zero-order valence-corrected chi connectivity index (χ0v) is 10.9. The summed E-state index contributed by atoms with van der Waals surface area (Å²) in [4.78, 5) is 8.53. The van der Waals surface area contributed by atoms with Gasteiger partial charge in [0.15, 0.2) is 0 Å². The molecule has 0 unspecified atom stereocenters. The molecule has 0 fully saturated rings. The van der Waals surface area contributed by atoms with Crippen molar-refractivity contribution in [1.82, 2.24) is 25.1 Å². The maximum absolute atomic E-state index is 4.31. The molecule has 5 nitrogen and oxygen atoms in total. The van der Waals surface area contributed by atoms with Crippen molar-refractivity contribution in [2.24, 2.45) is 0 Å². The van der Waals surface area contributed by atoms with Crippen molar-refractivity contribution in [1.29, 1.82) is 0 Å². The number of aryl methyl sites for hydroxylation is 2. The Balaban J connectivity index is 1.84. The zero-order valence-electron chi connectivity index (χ0n) is 10.9. The van der Waals surface area contributed by atoms with Gasteiger partial charge in [-0.05, 0) is 19.4 Å². The second kappa shape index (κ2) is 6.26. The second-order valence-corrected chi connectivity index (χ2v) is 4.30. The summed E-state index contributed by atoms with van der Waals surface area (Å²) in [7, 11) is 0. The Labute approximate surface area is 107 Å². The van der Waals surface area contributed by atoms with Crippen molar-refractivity contribution in [2.45, 2.75) is 39.9 Å². The van der Waals surface area contributed by atoms with E-state index in [2.05, 4.69) is 27.3 Å². The third kappa shape index (κ3) is 3.37. The van der Waals surface area contributed by atoms with Gasteiger partial charge in [-0.1, -0.05) is 6.92 Å². The van der Waals surface area contributed by atoms with Gasteiger partial charge in [0.25, 0.3) is 0 Å². The Morgan fingerprint density at radius 2 is 2.11 bits per heavy atom. The van der Waals surface area contributed by atoms with Crippen molar-refractivity contribution < 1.29 is 0 Å². The predicted molar refractivity (Wildman–Crippen MR) is 69.8 cm³/mol. The fourth-order valence-electron chi connectivity index (χ4n) is 1.75. The van der Waals surface area contributed by atoms with Crippen molar-refractivity contribution >= 4 is 0 Å². The van der Waals surface area contributed by atoms with E-state index in [9.17, 15) is 0 Å². The van der Waals surface area contributed by atoms with Crippen LogP contribution in [0.3, 0.4) is 0 Å². The van der Waals surface area contributed by atoms with Crippen LogP contribution in [0.5, 0.6) is 0 Å². The van der Waals surface area contributed by atoms with E-state index in [0.717, 1.165) is 37.4 Å². The van der Waals surface area contributed by atoms with Crippen LogP contribution in [-0.2, 0) is 19.6 Å². The summed E-state index contributed by atoms with van der Waals surface area (Å²) < 4.78 is 2.04. The van der Waals surface area contributed by atoms with Crippen LogP contribution in [0, 0.1) is 6.92 Å². The van der Waals surface area contributed by atoms with E-state index < -0.39 is 0 Å². The molecule has 0 atom stereocenters. The fourth-order valence-corrected chi connectivity index (χ4v) is 1.75. The molecule has 5 heteroatoms. The summed E-state index contributed by atoms with van der Waals surface area (Å²) in [5.74, 6) is 0. The lowest BCUT2D eigenvalue weighted by atomic mass is 10.3. The number of hydrogen-bond donors (Lipinski definition) is 1. The molecule has 0 amide bonds. The first-order valence-corrected chi connectivity index (χ1v) is 6.28. The van der Waals surface area contributed by atoms with E-state index in [4.69, 9.17) is 0 Å². The Hall–Kier alpha value is -1.75. The molecule has 0 bridgehead atoms. The minimum Gasteiger partial charge on any atom is -0.305 e. The molecular weight excluding hydrogens is 226 g/mol. The summed E-state index contributed by atoms with van der Waals surface area (Å²) in [6.07, 6.45) is 6.54. The maximum atomic E-state index is 4.31. The summed E-state index contributed by atoms with van der Waals surface area (Å²) in [5, 5.41) is 7.65. The van der Waals surface area contributed by atoms with Gasteiger partial charge in [0.2, 0.25) is 0 Å². The molecule has 0 aromatic carbocycles. The van der Waals surface area contributed by atoms with Crippen molar-refractivity contribution in [3.05, 3.63) is 41.7 Å². The summed E-state index contributed by atoms with van der Waals surface area (Å²) in [6, 6.07) is 2.05. The van der Waals surface area contributed by atoms with Crippen LogP contribution in [0.4, 0.5) is 0 Å². The molecule has 2 heterocycles. The Morgan fingerprint density at radius 1 is 1.22 bits per heavy atom. The average Bonchev–Trinajstić information content (AvgIpc) is 2.80. The normalized spacial score (nSPS) is 10.8. The standard InChI is InChI=1S/C13H19N5/c1-3-6-18-13(4-5-17-18)10-14-8-12-9-15-11(2)7-16-12/h4-5,7,9,14H,3,6,8,10H2,1-2H3. The second-order valence-electron chi connectivity index (χ2n) is 4.30. The van der Waals surface area contributed by atoms with E-state index >= 15 is 0 Å². The van der Waals surface area contributed by atoms with Crippen LogP contribution >= 0.6 is 0 Å². The van der Waals surface area contributed by atoms with Crippen molar-refractivity contribution in [3.63, 3.8) is 0 Å². The monoisotopic (exact) mass is 245 g/mol. The Bertz CT molecular complexity index is 474. The van der Waals surface area contributed by atoms with Crippen LogP contribution in [0.15, 0.2) is 24.7 Å². The van der Waals surface area contributed by atoms with Crippen LogP contribution in [0.25, 0.3) is 0 Å². The van der Waals surface area contributed by atoms with Crippen LogP contribution in [0.1, 0.15) is 30.4 Å². The fraction of sp³-hybridized carbons (Fsp3) is 0.462. The SMILES string of the molecule is CCCn1nccc1CNCc1cnc(C)cn1. The number of nitrogens with zero attached hydrogens (tertiary/aromatic N) is 4. The van der Waals surface area contributed by atoms with E-state index in [1.54, 1.807) is 6.20 Å². The highest BCUT2D eigenvalue weighted by Crippen LogP contribution is 2.01. The van der Waals surface area contributed by atoms with E-state index in [0.29, 0.717) is 0 Å². The molecule has 0 aliphatic carbocycles. The Kier molecular flexibility index (Phi) is 4.41. The number of rotatable bonds is 6. The lowest BCUT2D eigenvalue weighted by Gasteiger charge is -2.07. The third-order valence-corrected chi connectivity index (χ3v) is 2.69. The van der Waals surface area contributed by atoms with Gasteiger partial charge in [0, 0.05) is 38.2 Å². The van der Waals surface area contributed by atoms with Gasteiger partial charge >= 0.3 is 0 Å². The number of hydrogen-bond acceptors (Lipinski definition) is 4. The largest absolute Gasteiger partial charge is 0.305 e. The van der Waals surface area contributed by atoms with E-state index in [-0.39, 0.29) is 0 Å². The minimum atomic E-state index is 0.727. The highest BCUT2D eigenvalue weighted by molar-refractivity contribution is 5.02. The highest BCUT2D eigenvalue weighted by Gasteiger charge is 2.01. The van der Waals surface area contributed by atoms with Gasteiger partial charge in [0.1, 0.15) is 0 Å². The van der Waals surface area contributed by atoms with Gasteiger partial charge in [-0.25, -0.2) is 0 Å². The van der Waals surface area contributed by atoms with Gasteiger partial charge in [-0.2, -0.15) is 5.10 Å². The number of aromatic nitrogens is 4. The molecule has 1 N–H and O–H groups in total. The average molecular weight is 245 g/mol. The predicted octanol–water partition coefficient (Wildman–Crippen LogP) is 1.68. The Morgan fingerprint density at radius 3 is 2.83 bits per heavy atom. The maximum Gasteiger partial charge on any atom is 0.0724 e. The molecule has 2 aromatic heterocycles.